The van der Waals surface area contributed by atoms with Gasteiger partial charge in [0.25, 0.3) is 0 Å². The number of benzene rings is 5. The largest absolute Gasteiger partial charge is 0.366 e. The molecule has 184 valence electrons. The molecule has 4 atom stereocenters. The van der Waals surface area contributed by atoms with Gasteiger partial charge in [0.15, 0.2) is 0 Å². The van der Waals surface area contributed by atoms with E-state index < -0.39 is 0 Å². The number of piperidine rings is 2. The van der Waals surface area contributed by atoms with Gasteiger partial charge in [0.2, 0.25) is 0 Å². The van der Waals surface area contributed by atoms with Crippen molar-refractivity contribution in [3.63, 3.8) is 0 Å². The Hall–Kier alpha value is -3.00. The van der Waals surface area contributed by atoms with Gasteiger partial charge in [0.05, 0.1) is 0 Å². The van der Waals surface area contributed by atoms with E-state index in [2.05, 4.69) is 98.2 Å². The van der Waals surface area contributed by atoms with E-state index in [0.717, 1.165) is 0 Å². The Morgan fingerprint density at radius 2 is 1.06 bits per heavy atom. The third-order valence-electron chi connectivity index (χ3n) is 9.52. The van der Waals surface area contributed by atoms with Crippen LogP contribution in [0.4, 0.5) is 11.4 Å². The highest BCUT2D eigenvalue weighted by Crippen LogP contribution is 2.47. The van der Waals surface area contributed by atoms with Crippen molar-refractivity contribution in [2.75, 3.05) is 9.80 Å². The van der Waals surface area contributed by atoms with E-state index in [0.29, 0.717) is 24.2 Å². The first-order valence-corrected chi connectivity index (χ1v) is 14.2. The molecular weight excluding hydrogens is 436 g/mol. The summed E-state index contributed by atoms with van der Waals surface area (Å²) in [5, 5.41) is 11.3. The zero-order chi connectivity index (χ0) is 24.6. The van der Waals surface area contributed by atoms with E-state index in [1.54, 1.807) is 0 Å². The minimum Gasteiger partial charge on any atom is -0.366 e. The number of hydrogen-bond acceptors (Lipinski definition) is 2. The lowest BCUT2D eigenvalue weighted by Gasteiger charge is -2.43. The molecule has 2 aliphatic rings. The molecule has 0 radical (unpaired) electrons. The van der Waals surface area contributed by atoms with Gasteiger partial charge in [-0.2, -0.15) is 0 Å². The van der Waals surface area contributed by atoms with E-state index in [-0.39, 0.29) is 0 Å². The van der Waals surface area contributed by atoms with Crippen molar-refractivity contribution in [1.29, 1.82) is 0 Å². The van der Waals surface area contributed by atoms with Crippen molar-refractivity contribution in [1.82, 2.24) is 0 Å². The average Bonchev–Trinajstić information content (AvgIpc) is 2.87. The molecule has 2 fully saturated rings. The Bertz CT molecular complexity index is 1560. The van der Waals surface area contributed by atoms with Crippen LogP contribution in [-0.4, -0.2) is 24.2 Å². The van der Waals surface area contributed by atoms with Crippen LogP contribution in [0, 0.1) is 0 Å². The van der Waals surface area contributed by atoms with Crippen molar-refractivity contribution < 1.29 is 0 Å². The van der Waals surface area contributed by atoms with Crippen LogP contribution >= 0.6 is 0 Å². The molecule has 2 heterocycles. The monoisotopic (exact) mass is 474 g/mol. The fourth-order valence-electron chi connectivity index (χ4n) is 7.88. The number of rotatable bonds is 2. The third-order valence-corrected chi connectivity index (χ3v) is 9.52. The topological polar surface area (TPSA) is 6.48 Å². The normalized spacial score (nSPS) is 25.6. The van der Waals surface area contributed by atoms with Crippen LogP contribution < -0.4 is 9.80 Å². The highest BCUT2D eigenvalue weighted by Gasteiger charge is 2.29. The summed E-state index contributed by atoms with van der Waals surface area (Å²) in [4.78, 5) is 5.46. The maximum atomic E-state index is 2.74. The summed E-state index contributed by atoms with van der Waals surface area (Å²) < 4.78 is 0. The van der Waals surface area contributed by atoms with Crippen molar-refractivity contribution >= 4 is 54.5 Å². The summed E-state index contributed by atoms with van der Waals surface area (Å²) in [6, 6.07) is 25.9. The minimum atomic E-state index is 0.571. The van der Waals surface area contributed by atoms with Crippen molar-refractivity contribution in [2.45, 2.75) is 90.4 Å². The average molecular weight is 475 g/mol. The predicted octanol–water partition coefficient (Wildman–Crippen LogP) is 9.27. The first-order valence-electron chi connectivity index (χ1n) is 14.2. The van der Waals surface area contributed by atoms with Gasteiger partial charge in [0, 0.05) is 40.9 Å². The SMILES string of the molecule is CC1CCCC(C)N1c1cc2c(N3C(C)CCCC3C)ccc3c4cccc5cccc(c(c1)c23)c54. The molecule has 0 N–H and O–H groups in total. The smallest absolute Gasteiger partial charge is 0.0452 e. The Morgan fingerprint density at radius 1 is 0.528 bits per heavy atom. The molecule has 7 rings (SSSR count). The van der Waals surface area contributed by atoms with E-state index in [9.17, 15) is 0 Å². The van der Waals surface area contributed by atoms with E-state index >= 15 is 0 Å². The molecule has 0 spiro atoms. The second-order valence-electron chi connectivity index (χ2n) is 11.8. The van der Waals surface area contributed by atoms with Crippen molar-refractivity contribution in [3.8, 4) is 0 Å². The lowest BCUT2D eigenvalue weighted by Crippen LogP contribution is -2.44. The van der Waals surface area contributed by atoms with Crippen LogP contribution in [0.5, 0.6) is 0 Å². The van der Waals surface area contributed by atoms with E-state index in [4.69, 9.17) is 0 Å². The fraction of sp³-hybridized carbons (Fsp3) is 0.412. The highest BCUT2D eigenvalue weighted by molar-refractivity contribution is 6.34. The van der Waals surface area contributed by atoms with Crippen LogP contribution in [0.15, 0.2) is 60.7 Å². The molecule has 0 aromatic heterocycles. The van der Waals surface area contributed by atoms with Gasteiger partial charge in [0.1, 0.15) is 0 Å². The van der Waals surface area contributed by atoms with Gasteiger partial charge in [-0.05, 0) is 122 Å². The van der Waals surface area contributed by atoms with E-state index in [1.165, 1.54) is 93.0 Å². The Morgan fingerprint density at radius 3 is 1.69 bits per heavy atom. The van der Waals surface area contributed by atoms with Crippen LogP contribution in [0.3, 0.4) is 0 Å². The Labute approximate surface area is 215 Å². The van der Waals surface area contributed by atoms with Crippen molar-refractivity contribution in [3.05, 3.63) is 60.7 Å². The highest BCUT2D eigenvalue weighted by atomic mass is 15.2. The summed E-state index contributed by atoms with van der Waals surface area (Å²) >= 11 is 0. The number of fused-ring (bicyclic) bond motifs is 2. The minimum absolute atomic E-state index is 0.571. The van der Waals surface area contributed by atoms with E-state index in [1.807, 2.05) is 0 Å². The zero-order valence-corrected chi connectivity index (χ0v) is 22.2. The summed E-state index contributed by atoms with van der Waals surface area (Å²) in [5.41, 5.74) is 2.84. The van der Waals surface area contributed by atoms with Gasteiger partial charge in [-0.1, -0.05) is 42.5 Å². The third kappa shape index (κ3) is 3.16. The van der Waals surface area contributed by atoms with Crippen LogP contribution in [0.1, 0.15) is 66.2 Å². The summed E-state index contributed by atoms with van der Waals surface area (Å²) in [5.74, 6) is 0. The summed E-state index contributed by atoms with van der Waals surface area (Å²) in [6.45, 7) is 9.70. The number of nitrogens with zero attached hydrogens (tertiary/aromatic N) is 2. The number of anilines is 2. The molecular formula is C34H38N2. The number of hydrogen-bond donors (Lipinski definition) is 0. The fourth-order valence-corrected chi connectivity index (χ4v) is 7.88. The zero-order valence-electron chi connectivity index (χ0n) is 22.2. The lowest BCUT2D eigenvalue weighted by molar-refractivity contribution is 0.414. The lowest BCUT2D eigenvalue weighted by atomic mass is 9.87. The molecule has 2 saturated heterocycles. The molecule has 0 saturated carbocycles. The van der Waals surface area contributed by atoms with Gasteiger partial charge in [-0.3, -0.25) is 0 Å². The van der Waals surface area contributed by atoms with Gasteiger partial charge >= 0.3 is 0 Å². The molecule has 5 aromatic carbocycles. The van der Waals surface area contributed by atoms with Crippen LogP contribution in [0.25, 0.3) is 43.1 Å². The first kappa shape index (κ1) is 22.2. The van der Waals surface area contributed by atoms with Crippen LogP contribution in [-0.2, 0) is 0 Å². The molecule has 5 aromatic rings. The molecule has 2 aliphatic heterocycles. The first-order chi connectivity index (χ1) is 17.5. The Kier molecular flexibility index (Phi) is 5.10. The molecule has 0 amide bonds. The molecule has 0 aliphatic carbocycles. The van der Waals surface area contributed by atoms with Gasteiger partial charge in [-0.25, -0.2) is 0 Å². The second-order valence-corrected chi connectivity index (χ2v) is 11.8. The van der Waals surface area contributed by atoms with Gasteiger partial charge < -0.3 is 9.80 Å². The standard InChI is InChI=1S/C34H38N2/c1-21-9-5-10-22(2)35(21)26-19-30-28-16-8-14-25-13-7-15-27(33(25)28)29-17-18-32(31(20-26)34(29)30)36-23(3)11-6-12-24(36)4/h7-8,13-24H,5-6,9-12H2,1-4H3. The van der Waals surface area contributed by atoms with Crippen molar-refractivity contribution in [2.24, 2.45) is 0 Å². The van der Waals surface area contributed by atoms with Crippen LogP contribution in [0.2, 0.25) is 0 Å². The summed E-state index contributed by atoms with van der Waals surface area (Å²) in [7, 11) is 0. The maximum absolute atomic E-state index is 2.74. The van der Waals surface area contributed by atoms with Gasteiger partial charge in [-0.15, -0.1) is 0 Å². The summed E-state index contributed by atoms with van der Waals surface area (Å²) in [6.07, 6.45) is 7.80. The quantitative estimate of drug-likeness (QED) is 0.186. The Balaban J connectivity index is 1.62. The maximum Gasteiger partial charge on any atom is 0.0452 e. The second kappa shape index (κ2) is 8.26. The molecule has 36 heavy (non-hydrogen) atoms. The molecule has 2 heteroatoms. The molecule has 0 bridgehead atoms. The molecule has 4 unspecified atom stereocenters. The molecule has 2 nitrogen and oxygen atoms in total. The predicted molar refractivity (Wildman–Crippen MR) is 158 cm³/mol.